The third-order valence-corrected chi connectivity index (χ3v) is 4.87. The van der Waals surface area contributed by atoms with Gasteiger partial charge in [0.2, 0.25) is 0 Å². The molecule has 6 heteroatoms. The zero-order valence-corrected chi connectivity index (χ0v) is 16.6. The van der Waals surface area contributed by atoms with E-state index in [1.165, 1.54) is 0 Å². The van der Waals surface area contributed by atoms with Gasteiger partial charge in [0, 0.05) is 21.8 Å². The fraction of sp³-hybridized carbons (Fsp3) is 0.263. The van der Waals surface area contributed by atoms with Crippen LogP contribution in [0.25, 0.3) is 0 Å². The number of ketones is 2. The number of hydrogen-bond donors (Lipinski definition) is 0. The summed E-state index contributed by atoms with van der Waals surface area (Å²) in [6.45, 7) is 1.14. The minimum Gasteiger partial charge on any atom is -0.493 e. The molecule has 0 saturated carbocycles. The number of benzene rings is 2. The van der Waals surface area contributed by atoms with Crippen LogP contribution in [0.3, 0.4) is 0 Å². The summed E-state index contributed by atoms with van der Waals surface area (Å²) in [5, 5.41) is 0. The van der Waals surface area contributed by atoms with Crippen LogP contribution in [0.5, 0.6) is 11.5 Å². The van der Waals surface area contributed by atoms with Crippen molar-refractivity contribution in [2.75, 3.05) is 13.2 Å². The van der Waals surface area contributed by atoms with E-state index in [4.69, 9.17) is 9.47 Å². The molecule has 2 aliphatic heterocycles. The van der Waals surface area contributed by atoms with E-state index in [0.717, 1.165) is 15.4 Å². The smallest absolute Gasteiger partial charge is 0.169 e. The number of carbonyl (C=O) groups excluding carboxylic acids is 2. The summed E-state index contributed by atoms with van der Waals surface area (Å²) < 4.78 is 12.7. The van der Waals surface area contributed by atoms with Gasteiger partial charge in [0.25, 0.3) is 0 Å². The second kappa shape index (κ2) is 8.15. The van der Waals surface area contributed by atoms with E-state index in [-0.39, 0.29) is 11.6 Å². The van der Waals surface area contributed by atoms with Gasteiger partial charge in [-0.15, -0.1) is 0 Å². The lowest BCUT2D eigenvalue weighted by atomic mass is 10.1. The Balaban J connectivity index is 0.000000146. The van der Waals surface area contributed by atoms with Gasteiger partial charge >= 0.3 is 0 Å². The van der Waals surface area contributed by atoms with Crippen molar-refractivity contribution in [3.05, 3.63) is 56.5 Å². The second-order valence-corrected chi connectivity index (χ2v) is 7.51. The maximum Gasteiger partial charge on any atom is 0.169 e. The molecule has 0 atom stereocenters. The van der Waals surface area contributed by atoms with Crippen molar-refractivity contribution in [2.24, 2.45) is 0 Å². The predicted octanol–water partition coefficient (Wildman–Crippen LogP) is 5.22. The minimum absolute atomic E-state index is 0.170. The Kier molecular flexibility index (Phi) is 5.91. The molecule has 0 radical (unpaired) electrons. The van der Waals surface area contributed by atoms with Gasteiger partial charge in [-0.3, -0.25) is 9.59 Å². The summed E-state index contributed by atoms with van der Waals surface area (Å²) >= 11 is 6.66. The summed E-state index contributed by atoms with van der Waals surface area (Å²) in [6.07, 6.45) is 1.90. The molecule has 0 N–H and O–H groups in total. The number of ether oxygens (including phenoxy) is 2. The number of fused-ring (bicyclic) bond motifs is 2. The van der Waals surface area contributed by atoms with Crippen molar-refractivity contribution in [3.8, 4) is 11.5 Å². The van der Waals surface area contributed by atoms with Crippen LogP contribution in [0.15, 0.2) is 45.3 Å². The van der Waals surface area contributed by atoms with E-state index in [1.807, 2.05) is 30.3 Å². The first-order valence-electron chi connectivity index (χ1n) is 7.95. The monoisotopic (exact) mass is 466 g/mol. The molecule has 4 rings (SSSR count). The molecular weight excluding hydrogens is 452 g/mol. The molecule has 2 aromatic carbocycles. The van der Waals surface area contributed by atoms with Crippen LogP contribution in [0.4, 0.5) is 0 Å². The van der Waals surface area contributed by atoms with E-state index in [1.54, 1.807) is 6.07 Å². The lowest BCUT2D eigenvalue weighted by Crippen LogP contribution is -2.14. The maximum absolute atomic E-state index is 11.5. The molecule has 0 fully saturated rings. The van der Waals surface area contributed by atoms with E-state index in [0.29, 0.717) is 48.7 Å². The molecule has 0 amide bonds. The van der Waals surface area contributed by atoms with Crippen molar-refractivity contribution >= 4 is 43.4 Å². The second-order valence-electron chi connectivity index (χ2n) is 5.68. The van der Waals surface area contributed by atoms with Crippen LogP contribution in [0, 0.1) is 0 Å². The van der Waals surface area contributed by atoms with Crippen molar-refractivity contribution in [1.82, 2.24) is 0 Å². The summed E-state index contributed by atoms with van der Waals surface area (Å²) in [6, 6.07) is 11.0. The average Bonchev–Trinajstić information content (AvgIpc) is 2.77. The highest BCUT2D eigenvalue weighted by Crippen LogP contribution is 2.28. The Morgan fingerprint density at radius 1 is 0.720 bits per heavy atom. The minimum atomic E-state index is 0.170. The average molecular weight is 468 g/mol. The van der Waals surface area contributed by atoms with Crippen molar-refractivity contribution in [1.29, 1.82) is 0 Å². The number of carbonyl (C=O) groups is 2. The first-order chi connectivity index (χ1) is 12.0. The lowest BCUT2D eigenvalue weighted by Gasteiger charge is -2.15. The van der Waals surface area contributed by atoms with Crippen LogP contribution in [0.1, 0.15) is 40.0 Å². The highest BCUT2D eigenvalue weighted by atomic mass is 79.9. The van der Waals surface area contributed by atoms with E-state index >= 15 is 0 Å². The lowest BCUT2D eigenvalue weighted by molar-refractivity contribution is 0.0932. The quantitative estimate of drug-likeness (QED) is 0.533. The van der Waals surface area contributed by atoms with Crippen molar-refractivity contribution in [2.45, 2.75) is 19.3 Å². The molecule has 2 aliphatic rings. The highest BCUT2D eigenvalue weighted by Gasteiger charge is 2.18. The Morgan fingerprint density at radius 2 is 1.24 bits per heavy atom. The van der Waals surface area contributed by atoms with E-state index in [2.05, 4.69) is 31.9 Å². The first-order valence-corrected chi connectivity index (χ1v) is 9.54. The summed E-state index contributed by atoms with van der Waals surface area (Å²) in [4.78, 5) is 22.8. The zero-order chi connectivity index (χ0) is 17.8. The van der Waals surface area contributed by atoms with Crippen LogP contribution >= 0.6 is 31.9 Å². The van der Waals surface area contributed by atoms with Gasteiger partial charge < -0.3 is 9.47 Å². The fourth-order valence-electron chi connectivity index (χ4n) is 2.63. The number of halogens is 2. The molecular formula is C19H16Br2O4. The Bertz CT molecular complexity index is 817. The molecule has 0 aliphatic carbocycles. The molecule has 25 heavy (non-hydrogen) atoms. The molecule has 0 aromatic heterocycles. The standard InChI is InChI=1S/C10H9BrO2.C9H7BrO2/c11-7-3-4-8-9(12)2-1-5-13-10(8)6-7;10-6-1-2-7-8(11)3-4-12-9(7)5-6/h3-4,6H,1-2,5H2;1-2,5H,3-4H2. The van der Waals surface area contributed by atoms with Crippen molar-refractivity contribution < 1.29 is 19.1 Å². The summed E-state index contributed by atoms with van der Waals surface area (Å²) in [5.74, 6) is 1.75. The number of rotatable bonds is 0. The molecule has 0 spiro atoms. The summed E-state index contributed by atoms with van der Waals surface area (Å²) in [7, 11) is 0. The van der Waals surface area contributed by atoms with Crippen LogP contribution in [0.2, 0.25) is 0 Å². The normalized spacial score (nSPS) is 15.6. The zero-order valence-electron chi connectivity index (χ0n) is 13.4. The van der Waals surface area contributed by atoms with E-state index < -0.39 is 0 Å². The summed E-state index contributed by atoms with van der Waals surface area (Å²) in [5.41, 5.74) is 1.41. The topological polar surface area (TPSA) is 52.6 Å². The molecule has 130 valence electrons. The molecule has 2 aromatic rings. The first kappa shape index (κ1) is 18.1. The molecule has 0 unspecified atom stereocenters. The van der Waals surface area contributed by atoms with Crippen LogP contribution < -0.4 is 9.47 Å². The SMILES string of the molecule is O=C1CCCOc2cc(Br)ccc21.O=C1CCOc2cc(Br)ccc21. The Morgan fingerprint density at radius 3 is 1.84 bits per heavy atom. The number of hydrogen-bond acceptors (Lipinski definition) is 4. The molecule has 4 nitrogen and oxygen atoms in total. The molecule has 0 saturated heterocycles. The van der Waals surface area contributed by atoms with Gasteiger partial charge in [0.1, 0.15) is 11.5 Å². The third-order valence-electron chi connectivity index (χ3n) is 3.88. The Hall–Kier alpha value is -1.66. The van der Waals surface area contributed by atoms with Gasteiger partial charge in [-0.25, -0.2) is 0 Å². The van der Waals surface area contributed by atoms with Gasteiger partial charge in [-0.1, -0.05) is 31.9 Å². The molecule has 0 bridgehead atoms. The van der Waals surface area contributed by atoms with Gasteiger partial charge in [-0.05, 0) is 42.8 Å². The van der Waals surface area contributed by atoms with Crippen LogP contribution in [-0.2, 0) is 0 Å². The van der Waals surface area contributed by atoms with Gasteiger partial charge in [-0.2, -0.15) is 0 Å². The third kappa shape index (κ3) is 4.50. The number of Topliss-reactive ketones (excluding diaryl/α,β-unsaturated/α-hetero) is 2. The maximum atomic E-state index is 11.5. The molecule has 2 heterocycles. The van der Waals surface area contributed by atoms with Crippen LogP contribution in [-0.4, -0.2) is 24.8 Å². The fourth-order valence-corrected chi connectivity index (χ4v) is 3.31. The largest absolute Gasteiger partial charge is 0.493 e. The van der Waals surface area contributed by atoms with Gasteiger partial charge in [0.05, 0.1) is 24.3 Å². The van der Waals surface area contributed by atoms with E-state index in [9.17, 15) is 9.59 Å². The highest BCUT2D eigenvalue weighted by molar-refractivity contribution is 9.10. The van der Waals surface area contributed by atoms with Gasteiger partial charge in [0.15, 0.2) is 11.6 Å². The Labute approximate surface area is 162 Å². The van der Waals surface area contributed by atoms with Crippen molar-refractivity contribution in [3.63, 3.8) is 0 Å². The predicted molar refractivity (Wildman–Crippen MR) is 102 cm³/mol.